The van der Waals surface area contributed by atoms with Crippen LogP contribution in [0.2, 0.25) is 0 Å². The fraction of sp³-hybridized carbons (Fsp3) is 0.400. The number of carbonyl (C=O) groups is 1. The molecule has 1 fully saturated rings. The van der Waals surface area contributed by atoms with Gasteiger partial charge in [0, 0.05) is 6.54 Å². The van der Waals surface area contributed by atoms with Crippen LogP contribution < -0.4 is 10.6 Å². The second kappa shape index (κ2) is 4.43. The van der Waals surface area contributed by atoms with Crippen molar-refractivity contribution in [1.82, 2.24) is 5.32 Å². The standard InChI is InChI=1S/C10H11N3OS/c11-5-7-2-4-15-10(7)13-9(14)8-1-3-12-6-8/h2,4,8,12H,1,3,6H2,(H,13,14). The van der Waals surface area contributed by atoms with Crippen LogP contribution in [-0.4, -0.2) is 19.0 Å². The van der Waals surface area contributed by atoms with Crippen LogP contribution in [0.3, 0.4) is 0 Å². The summed E-state index contributed by atoms with van der Waals surface area (Å²) in [4.78, 5) is 11.7. The van der Waals surface area contributed by atoms with Gasteiger partial charge < -0.3 is 10.6 Å². The van der Waals surface area contributed by atoms with Crippen molar-refractivity contribution in [2.24, 2.45) is 5.92 Å². The maximum atomic E-state index is 11.7. The van der Waals surface area contributed by atoms with Crippen LogP contribution in [0.4, 0.5) is 5.00 Å². The third-order valence-electron chi connectivity index (χ3n) is 2.45. The molecular weight excluding hydrogens is 210 g/mol. The maximum Gasteiger partial charge on any atom is 0.229 e. The molecule has 1 aliphatic rings. The third-order valence-corrected chi connectivity index (χ3v) is 3.28. The highest BCUT2D eigenvalue weighted by atomic mass is 32.1. The van der Waals surface area contributed by atoms with Gasteiger partial charge in [0.15, 0.2) is 0 Å². The van der Waals surface area contributed by atoms with E-state index in [0.717, 1.165) is 19.5 Å². The average Bonchev–Trinajstić information content (AvgIpc) is 2.87. The molecule has 2 rings (SSSR count). The zero-order valence-corrected chi connectivity index (χ0v) is 8.93. The summed E-state index contributed by atoms with van der Waals surface area (Å²) in [6, 6.07) is 3.77. The molecule has 2 heterocycles. The van der Waals surface area contributed by atoms with Crippen molar-refractivity contribution in [3.05, 3.63) is 17.0 Å². The van der Waals surface area contributed by atoms with E-state index in [2.05, 4.69) is 16.7 Å². The topological polar surface area (TPSA) is 64.9 Å². The van der Waals surface area contributed by atoms with Crippen molar-refractivity contribution >= 4 is 22.2 Å². The summed E-state index contributed by atoms with van der Waals surface area (Å²) in [5, 5.41) is 17.2. The van der Waals surface area contributed by atoms with E-state index in [1.54, 1.807) is 11.4 Å². The first-order valence-corrected chi connectivity index (χ1v) is 5.68. The molecule has 0 saturated carbocycles. The Morgan fingerprint density at radius 3 is 3.27 bits per heavy atom. The van der Waals surface area contributed by atoms with Crippen LogP contribution >= 0.6 is 11.3 Å². The van der Waals surface area contributed by atoms with Crippen LogP contribution in [0, 0.1) is 17.2 Å². The zero-order chi connectivity index (χ0) is 10.7. The van der Waals surface area contributed by atoms with Gasteiger partial charge in [-0.2, -0.15) is 5.26 Å². The Morgan fingerprint density at radius 1 is 1.73 bits per heavy atom. The lowest BCUT2D eigenvalue weighted by atomic mass is 10.1. The van der Waals surface area contributed by atoms with Crippen molar-refractivity contribution in [2.75, 3.05) is 18.4 Å². The number of nitrogens with one attached hydrogen (secondary N) is 2. The zero-order valence-electron chi connectivity index (χ0n) is 8.12. The number of carbonyl (C=O) groups excluding carboxylic acids is 1. The fourth-order valence-corrected chi connectivity index (χ4v) is 2.33. The lowest BCUT2D eigenvalue weighted by molar-refractivity contribution is -0.119. The second-order valence-corrected chi connectivity index (χ2v) is 4.37. The fourth-order valence-electron chi connectivity index (χ4n) is 1.59. The Balaban J connectivity index is 2.02. The summed E-state index contributed by atoms with van der Waals surface area (Å²) in [5.74, 6) is 0.0533. The van der Waals surface area contributed by atoms with E-state index >= 15 is 0 Å². The molecule has 0 aromatic carbocycles. The third kappa shape index (κ3) is 2.17. The largest absolute Gasteiger partial charge is 0.316 e. The van der Waals surface area contributed by atoms with Gasteiger partial charge in [-0.1, -0.05) is 0 Å². The van der Waals surface area contributed by atoms with E-state index in [1.807, 2.05) is 0 Å². The summed E-state index contributed by atoms with van der Waals surface area (Å²) in [5.41, 5.74) is 0.541. The maximum absolute atomic E-state index is 11.7. The van der Waals surface area contributed by atoms with Gasteiger partial charge >= 0.3 is 0 Å². The molecule has 2 N–H and O–H groups in total. The molecule has 1 amide bonds. The first kappa shape index (κ1) is 10.1. The van der Waals surface area contributed by atoms with E-state index in [9.17, 15) is 4.79 Å². The SMILES string of the molecule is N#Cc1ccsc1NC(=O)C1CCNC1. The molecule has 0 spiro atoms. The van der Waals surface area contributed by atoms with E-state index < -0.39 is 0 Å². The number of hydrogen-bond donors (Lipinski definition) is 2. The normalized spacial score (nSPS) is 19.8. The Labute approximate surface area is 91.9 Å². The van der Waals surface area contributed by atoms with Crippen molar-refractivity contribution in [3.63, 3.8) is 0 Å². The Morgan fingerprint density at radius 2 is 2.60 bits per heavy atom. The quantitative estimate of drug-likeness (QED) is 0.787. The van der Waals surface area contributed by atoms with Crippen molar-refractivity contribution in [3.8, 4) is 6.07 Å². The molecular formula is C10H11N3OS. The van der Waals surface area contributed by atoms with Gasteiger partial charge in [-0.15, -0.1) is 11.3 Å². The smallest absolute Gasteiger partial charge is 0.229 e. The van der Waals surface area contributed by atoms with Crippen LogP contribution in [-0.2, 0) is 4.79 Å². The molecule has 1 aromatic rings. The summed E-state index contributed by atoms with van der Waals surface area (Å²) in [7, 11) is 0. The van der Waals surface area contributed by atoms with Gasteiger partial charge in [0.05, 0.1) is 11.5 Å². The lowest BCUT2D eigenvalue weighted by Gasteiger charge is -2.07. The molecule has 1 unspecified atom stereocenters. The lowest BCUT2D eigenvalue weighted by Crippen LogP contribution is -2.24. The van der Waals surface area contributed by atoms with E-state index in [0.29, 0.717) is 10.6 Å². The molecule has 15 heavy (non-hydrogen) atoms. The molecule has 1 aromatic heterocycles. The molecule has 78 valence electrons. The minimum Gasteiger partial charge on any atom is -0.316 e. The highest BCUT2D eigenvalue weighted by molar-refractivity contribution is 7.14. The Kier molecular flexibility index (Phi) is 2.99. The molecule has 1 atom stereocenters. The monoisotopic (exact) mass is 221 g/mol. The van der Waals surface area contributed by atoms with Gasteiger partial charge in [0.25, 0.3) is 0 Å². The highest BCUT2D eigenvalue weighted by Gasteiger charge is 2.23. The van der Waals surface area contributed by atoms with Crippen LogP contribution in [0.25, 0.3) is 0 Å². The van der Waals surface area contributed by atoms with Crippen LogP contribution in [0.5, 0.6) is 0 Å². The van der Waals surface area contributed by atoms with Crippen LogP contribution in [0.15, 0.2) is 11.4 Å². The van der Waals surface area contributed by atoms with Crippen molar-refractivity contribution in [1.29, 1.82) is 5.26 Å². The van der Waals surface area contributed by atoms with E-state index in [4.69, 9.17) is 5.26 Å². The number of anilines is 1. The minimum absolute atomic E-state index is 0.0129. The Hall–Kier alpha value is -1.38. The number of rotatable bonds is 2. The van der Waals surface area contributed by atoms with Gasteiger partial charge in [0.1, 0.15) is 11.1 Å². The molecule has 1 aliphatic heterocycles. The van der Waals surface area contributed by atoms with Gasteiger partial charge in [-0.25, -0.2) is 0 Å². The Bertz CT molecular complexity index is 401. The average molecular weight is 221 g/mol. The van der Waals surface area contributed by atoms with Gasteiger partial charge in [-0.05, 0) is 24.4 Å². The molecule has 0 radical (unpaired) electrons. The number of hydrogen-bond acceptors (Lipinski definition) is 4. The summed E-state index contributed by atoms with van der Waals surface area (Å²) < 4.78 is 0. The van der Waals surface area contributed by atoms with Crippen molar-refractivity contribution < 1.29 is 4.79 Å². The number of nitriles is 1. The number of nitrogens with zero attached hydrogens (tertiary/aromatic N) is 1. The highest BCUT2D eigenvalue weighted by Crippen LogP contribution is 2.23. The number of thiophene rings is 1. The van der Waals surface area contributed by atoms with E-state index in [1.165, 1.54) is 11.3 Å². The van der Waals surface area contributed by atoms with Crippen molar-refractivity contribution in [2.45, 2.75) is 6.42 Å². The number of amides is 1. The summed E-state index contributed by atoms with van der Waals surface area (Å²) in [6.45, 7) is 1.63. The summed E-state index contributed by atoms with van der Waals surface area (Å²) in [6.07, 6.45) is 0.874. The predicted molar refractivity (Wildman–Crippen MR) is 58.6 cm³/mol. The van der Waals surface area contributed by atoms with E-state index in [-0.39, 0.29) is 11.8 Å². The molecule has 0 aliphatic carbocycles. The van der Waals surface area contributed by atoms with Gasteiger partial charge in [-0.3, -0.25) is 4.79 Å². The second-order valence-electron chi connectivity index (χ2n) is 3.45. The van der Waals surface area contributed by atoms with Crippen LogP contribution in [0.1, 0.15) is 12.0 Å². The molecule has 4 nitrogen and oxygen atoms in total. The molecule has 5 heteroatoms. The van der Waals surface area contributed by atoms with Gasteiger partial charge in [0.2, 0.25) is 5.91 Å². The molecule has 0 bridgehead atoms. The first-order valence-electron chi connectivity index (χ1n) is 4.80. The first-order chi connectivity index (χ1) is 7.31. The minimum atomic E-state index is 0.0129. The molecule has 1 saturated heterocycles. The summed E-state index contributed by atoms with van der Waals surface area (Å²) >= 11 is 1.39. The predicted octanol–water partition coefficient (Wildman–Crippen LogP) is 1.17.